The summed E-state index contributed by atoms with van der Waals surface area (Å²) in [5.74, 6) is 1.07. The van der Waals surface area contributed by atoms with Crippen LogP contribution in [0.2, 0.25) is 0 Å². The summed E-state index contributed by atoms with van der Waals surface area (Å²) in [6, 6.07) is 5.90. The molecule has 0 bridgehead atoms. The maximum Gasteiger partial charge on any atom is 0.172 e. The van der Waals surface area contributed by atoms with Crippen molar-refractivity contribution >= 4 is 33.1 Å². The molecule has 0 amide bonds. The van der Waals surface area contributed by atoms with Crippen molar-refractivity contribution in [2.24, 2.45) is 0 Å². The van der Waals surface area contributed by atoms with E-state index in [-0.39, 0.29) is 5.84 Å². The number of rotatable bonds is 4. The number of hydrogen-bond donors (Lipinski definition) is 3. The number of hydrazine groups is 1. The van der Waals surface area contributed by atoms with Crippen molar-refractivity contribution in [3.63, 3.8) is 0 Å². The average molecular weight is 411 g/mol. The van der Waals surface area contributed by atoms with Crippen molar-refractivity contribution in [2.75, 3.05) is 20.2 Å². The van der Waals surface area contributed by atoms with Crippen LogP contribution >= 0.6 is 27.3 Å². The SMILES string of the molecule is CNN(CC(C)O)C(=N)c1nc2c(s1)CCOc1cc(Br)ccc1-2. The van der Waals surface area contributed by atoms with Crippen LogP contribution in [0.25, 0.3) is 11.3 Å². The molecule has 0 saturated carbocycles. The Labute approximate surface area is 153 Å². The number of hydrogen-bond acceptors (Lipinski definition) is 6. The van der Waals surface area contributed by atoms with Crippen LogP contribution in [-0.2, 0) is 6.42 Å². The smallest absolute Gasteiger partial charge is 0.172 e. The Hall–Kier alpha value is -1.48. The molecule has 128 valence electrons. The van der Waals surface area contributed by atoms with Crippen LogP contribution in [0.5, 0.6) is 5.75 Å². The molecule has 0 fully saturated rings. The van der Waals surface area contributed by atoms with Gasteiger partial charge >= 0.3 is 0 Å². The number of nitrogens with one attached hydrogen (secondary N) is 2. The number of aromatic nitrogens is 1. The lowest BCUT2D eigenvalue weighted by molar-refractivity contribution is 0.144. The third-order valence-electron chi connectivity index (χ3n) is 3.67. The number of fused-ring (bicyclic) bond motifs is 3. The molecule has 2 aromatic rings. The van der Waals surface area contributed by atoms with Crippen molar-refractivity contribution in [1.29, 1.82) is 5.41 Å². The van der Waals surface area contributed by atoms with Gasteiger partial charge in [0.2, 0.25) is 0 Å². The Morgan fingerprint density at radius 1 is 1.58 bits per heavy atom. The fraction of sp³-hybridized carbons (Fsp3) is 0.375. The Balaban J connectivity index is 1.97. The quantitative estimate of drug-likeness (QED) is 0.410. The van der Waals surface area contributed by atoms with Gasteiger partial charge in [0.15, 0.2) is 10.8 Å². The molecule has 1 aliphatic rings. The van der Waals surface area contributed by atoms with Gasteiger partial charge in [0.05, 0.1) is 24.9 Å². The molecule has 1 unspecified atom stereocenters. The van der Waals surface area contributed by atoms with Crippen molar-refractivity contribution < 1.29 is 9.84 Å². The summed E-state index contributed by atoms with van der Waals surface area (Å²) in [6.07, 6.45) is 0.227. The van der Waals surface area contributed by atoms with Crippen LogP contribution in [0.15, 0.2) is 22.7 Å². The van der Waals surface area contributed by atoms with E-state index in [1.807, 2.05) is 18.2 Å². The molecule has 0 aliphatic carbocycles. The second kappa shape index (κ2) is 7.18. The molecule has 0 radical (unpaired) electrons. The number of ether oxygens (including phenoxy) is 1. The van der Waals surface area contributed by atoms with Gasteiger partial charge in [-0.3, -0.25) is 10.4 Å². The van der Waals surface area contributed by atoms with E-state index >= 15 is 0 Å². The molecule has 3 rings (SSSR count). The Morgan fingerprint density at radius 3 is 3.08 bits per heavy atom. The normalized spacial score (nSPS) is 14.2. The Bertz CT molecular complexity index is 763. The minimum Gasteiger partial charge on any atom is -0.492 e. The van der Waals surface area contributed by atoms with Gasteiger partial charge in [-0.2, -0.15) is 0 Å². The number of aliphatic hydroxyl groups excluding tert-OH is 1. The molecule has 1 atom stereocenters. The zero-order valence-electron chi connectivity index (χ0n) is 13.5. The van der Waals surface area contributed by atoms with Crippen molar-refractivity contribution in [3.8, 4) is 17.0 Å². The van der Waals surface area contributed by atoms with E-state index in [4.69, 9.17) is 15.1 Å². The van der Waals surface area contributed by atoms with E-state index in [1.54, 1.807) is 19.0 Å². The van der Waals surface area contributed by atoms with E-state index in [0.717, 1.165) is 32.8 Å². The van der Waals surface area contributed by atoms with E-state index in [9.17, 15) is 5.11 Å². The van der Waals surface area contributed by atoms with Gasteiger partial charge in [0, 0.05) is 28.4 Å². The van der Waals surface area contributed by atoms with Gasteiger partial charge in [0.1, 0.15) is 5.75 Å². The highest BCUT2D eigenvalue weighted by molar-refractivity contribution is 9.10. The van der Waals surface area contributed by atoms with E-state index in [1.165, 1.54) is 11.3 Å². The largest absolute Gasteiger partial charge is 0.492 e. The highest BCUT2D eigenvalue weighted by Crippen LogP contribution is 2.39. The Morgan fingerprint density at radius 2 is 2.38 bits per heavy atom. The minimum atomic E-state index is -0.540. The number of aliphatic hydroxyl groups is 1. The zero-order chi connectivity index (χ0) is 17.3. The Kier molecular flexibility index (Phi) is 5.19. The topological polar surface area (TPSA) is 81.5 Å². The second-order valence-electron chi connectivity index (χ2n) is 5.56. The fourth-order valence-electron chi connectivity index (χ4n) is 2.57. The lowest BCUT2D eigenvalue weighted by Crippen LogP contribution is -2.44. The van der Waals surface area contributed by atoms with Crippen molar-refractivity contribution in [3.05, 3.63) is 32.6 Å². The van der Waals surface area contributed by atoms with Crippen LogP contribution in [0, 0.1) is 5.41 Å². The summed E-state index contributed by atoms with van der Waals surface area (Å²) in [7, 11) is 1.73. The summed E-state index contributed by atoms with van der Waals surface area (Å²) in [6.45, 7) is 2.61. The molecular formula is C16H19BrN4O2S. The summed E-state index contributed by atoms with van der Waals surface area (Å²) in [5, 5.41) is 20.2. The second-order valence-corrected chi connectivity index (χ2v) is 7.56. The monoisotopic (exact) mass is 410 g/mol. The number of thiazole rings is 1. The number of halogens is 1. The zero-order valence-corrected chi connectivity index (χ0v) is 15.9. The molecule has 1 aliphatic heterocycles. The molecule has 3 N–H and O–H groups in total. The number of amidine groups is 1. The molecule has 1 aromatic carbocycles. The summed E-state index contributed by atoms with van der Waals surface area (Å²) < 4.78 is 6.78. The standard InChI is InChI=1S/C16H19BrN4O2S/c1-9(22)8-21(19-2)15(18)16-20-14-11-4-3-10(17)7-12(11)23-6-5-13(14)24-16/h3-4,7,9,18-19,22H,5-6,8H2,1-2H3. The summed E-state index contributed by atoms with van der Waals surface area (Å²) >= 11 is 4.97. The maximum absolute atomic E-state index is 9.59. The molecular weight excluding hydrogens is 392 g/mol. The van der Waals surface area contributed by atoms with Crippen LogP contribution in [0.1, 0.15) is 16.8 Å². The fourth-order valence-corrected chi connectivity index (χ4v) is 3.93. The van der Waals surface area contributed by atoms with Crippen molar-refractivity contribution in [2.45, 2.75) is 19.4 Å². The molecule has 0 spiro atoms. The van der Waals surface area contributed by atoms with Gasteiger partial charge in [-0.25, -0.2) is 10.4 Å². The maximum atomic E-state index is 9.59. The first-order chi connectivity index (χ1) is 11.5. The third-order valence-corrected chi connectivity index (χ3v) is 5.29. The van der Waals surface area contributed by atoms with Crippen molar-refractivity contribution in [1.82, 2.24) is 15.4 Å². The van der Waals surface area contributed by atoms with Crippen LogP contribution in [0.3, 0.4) is 0 Å². The van der Waals surface area contributed by atoms with E-state index in [2.05, 4.69) is 21.4 Å². The molecule has 1 aromatic heterocycles. The predicted molar refractivity (Wildman–Crippen MR) is 98.7 cm³/mol. The lowest BCUT2D eigenvalue weighted by Gasteiger charge is -2.23. The van der Waals surface area contributed by atoms with Gasteiger partial charge in [-0.15, -0.1) is 11.3 Å². The first kappa shape index (κ1) is 17.3. The van der Waals surface area contributed by atoms with Crippen LogP contribution < -0.4 is 10.2 Å². The van der Waals surface area contributed by atoms with E-state index < -0.39 is 6.10 Å². The van der Waals surface area contributed by atoms with Gasteiger partial charge in [-0.05, 0) is 25.1 Å². The van der Waals surface area contributed by atoms with Gasteiger partial charge in [-0.1, -0.05) is 15.9 Å². The summed E-state index contributed by atoms with van der Waals surface area (Å²) in [5.41, 5.74) is 4.77. The lowest BCUT2D eigenvalue weighted by atomic mass is 10.1. The number of benzene rings is 1. The first-order valence-corrected chi connectivity index (χ1v) is 9.25. The molecule has 24 heavy (non-hydrogen) atoms. The highest BCUT2D eigenvalue weighted by atomic mass is 79.9. The molecule has 8 heteroatoms. The van der Waals surface area contributed by atoms with E-state index in [0.29, 0.717) is 18.2 Å². The van der Waals surface area contributed by atoms with Crippen LogP contribution in [-0.4, -0.2) is 47.2 Å². The third kappa shape index (κ3) is 3.46. The van der Waals surface area contributed by atoms with Gasteiger partial charge in [0.25, 0.3) is 0 Å². The highest BCUT2D eigenvalue weighted by Gasteiger charge is 2.24. The van der Waals surface area contributed by atoms with Gasteiger partial charge < -0.3 is 9.84 Å². The number of nitrogens with zero attached hydrogens (tertiary/aromatic N) is 2. The predicted octanol–water partition coefficient (Wildman–Crippen LogP) is 2.65. The molecule has 2 heterocycles. The van der Waals surface area contributed by atoms with Crippen LogP contribution in [0.4, 0.5) is 0 Å². The molecule has 0 saturated heterocycles. The average Bonchev–Trinajstić information content (AvgIpc) is 2.89. The molecule has 6 nitrogen and oxygen atoms in total. The summed E-state index contributed by atoms with van der Waals surface area (Å²) in [4.78, 5) is 5.81. The minimum absolute atomic E-state index is 0.260. The first-order valence-electron chi connectivity index (χ1n) is 7.64.